The fourth-order valence-corrected chi connectivity index (χ4v) is 2.42. The summed E-state index contributed by atoms with van der Waals surface area (Å²) in [5, 5.41) is 3.77. The average Bonchev–Trinajstić information content (AvgIpc) is 3.29. The maximum Gasteiger partial charge on any atom is 0.316 e. The number of aromatic nitrogens is 2. The van der Waals surface area contributed by atoms with E-state index in [-0.39, 0.29) is 25.2 Å². The molecular weight excluding hydrogens is 318 g/mol. The standard InChI is InChI=1S/C15H15N3O6/c19-15(18-3-5-20-6-4-18)14-16-13(17-24-14)8-21-10-1-2-11-12(7-10)23-9-22-11/h1-2,7H,3-6,8-9H2. The molecule has 0 radical (unpaired) electrons. The maximum absolute atomic E-state index is 12.2. The van der Waals surface area contributed by atoms with Gasteiger partial charge < -0.3 is 28.4 Å². The number of amides is 1. The van der Waals surface area contributed by atoms with Crippen LogP contribution in [-0.2, 0) is 11.3 Å². The third-order valence-corrected chi connectivity index (χ3v) is 3.66. The van der Waals surface area contributed by atoms with Gasteiger partial charge in [-0.25, -0.2) is 0 Å². The predicted molar refractivity (Wildman–Crippen MR) is 77.9 cm³/mol. The number of benzene rings is 1. The number of morpholine rings is 1. The zero-order valence-corrected chi connectivity index (χ0v) is 12.8. The largest absolute Gasteiger partial charge is 0.485 e. The van der Waals surface area contributed by atoms with Crippen molar-refractivity contribution in [3.8, 4) is 17.2 Å². The maximum atomic E-state index is 12.2. The van der Waals surface area contributed by atoms with Crippen LogP contribution in [0.2, 0.25) is 0 Å². The Kier molecular flexibility index (Phi) is 3.91. The minimum absolute atomic E-state index is 0.0406. The topological polar surface area (TPSA) is 96.2 Å². The van der Waals surface area contributed by atoms with E-state index in [1.54, 1.807) is 23.1 Å². The Bertz CT molecular complexity index is 741. The lowest BCUT2D eigenvalue weighted by molar-refractivity contribution is 0.0272. The molecule has 24 heavy (non-hydrogen) atoms. The van der Waals surface area contributed by atoms with Gasteiger partial charge in [0.25, 0.3) is 0 Å². The smallest absolute Gasteiger partial charge is 0.316 e. The third kappa shape index (κ3) is 2.98. The fraction of sp³-hybridized carbons (Fsp3) is 0.400. The number of carbonyl (C=O) groups is 1. The molecule has 9 heteroatoms. The summed E-state index contributed by atoms with van der Waals surface area (Å²) >= 11 is 0. The van der Waals surface area contributed by atoms with Gasteiger partial charge in [-0.1, -0.05) is 5.16 Å². The highest BCUT2D eigenvalue weighted by molar-refractivity contribution is 5.89. The summed E-state index contributed by atoms with van der Waals surface area (Å²) < 4.78 is 26.3. The van der Waals surface area contributed by atoms with E-state index in [0.717, 1.165) is 0 Å². The molecule has 1 aromatic carbocycles. The molecular formula is C15H15N3O6. The van der Waals surface area contributed by atoms with Crippen molar-refractivity contribution in [1.82, 2.24) is 15.0 Å². The number of ether oxygens (including phenoxy) is 4. The second kappa shape index (κ2) is 6.36. The highest BCUT2D eigenvalue weighted by Crippen LogP contribution is 2.35. The molecule has 0 aliphatic carbocycles. The Balaban J connectivity index is 1.37. The fourth-order valence-electron chi connectivity index (χ4n) is 2.42. The minimum Gasteiger partial charge on any atom is -0.485 e. The van der Waals surface area contributed by atoms with E-state index >= 15 is 0 Å². The molecule has 1 amide bonds. The molecule has 2 aliphatic heterocycles. The molecule has 0 N–H and O–H groups in total. The number of fused-ring (bicyclic) bond motifs is 1. The first-order chi connectivity index (χ1) is 11.8. The van der Waals surface area contributed by atoms with Crippen molar-refractivity contribution in [1.29, 1.82) is 0 Å². The van der Waals surface area contributed by atoms with E-state index in [4.69, 9.17) is 23.5 Å². The predicted octanol–water partition coefficient (Wildman–Crippen LogP) is 0.850. The molecule has 1 saturated heterocycles. The van der Waals surface area contributed by atoms with Gasteiger partial charge in [0.1, 0.15) is 5.75 Å². The summed E-state index contributed by atoms with van der Waals surface area (Å²) in [5.41, 5.74) is 0. The normalized spacial score (nSPS) is 16.2. The molecule has 0 unspecified atom stereocenters. The molecule has 0 atom stereocenters. The lowest BCUT2D eigenvalue weighted by Crippen LogP contribution is -2.40. The van der Waals surface area contributed by atoms with Gasteiger partial charge in [-0.3, -0.25) is 4.79 Å². The van der Waals surface area contributed by atoms with Crippen molar-refractivity contribution in [3.05, 3.63) is 29.9 Å². The third-order valence-electron chi connectivity index (χ3n) is 3.66. The van der Waals surface area contributed by atoms with Gasteiger partial charge in [-0.2, -0.15) is 4.98 Å². The molecule has 9 nitrogen and oxygen atoms in total. The Morgan fingerprint density at radius 3 is 2.92 bits per heavy atom. The second-order valence-electron chi connectivity index (χ2n) is 5.22. The number of nitrogens with zero attached hydrogens (tertiary/aromatic N) is 3. The van der Waals surface area contributed by atoms with Crippen molar-refractivity contribution in [3.63, 3.8) is 0 Å². The van der Waals surface area contributed by atoms with Gasteiger partial charge in [-0.15, -0.1) is 0 Å². The van der Waals surface area contributed by atoms with Crippen molar-refractivity contribution < 1.29 is 28.3 Å². The molecule has 1 aromatic heterocycles. The highest BCUT2D eigenvalue weighted by Gasteiger charge is 2.24. The van der Waals surface area contributed by atoms with Crippen LogP contribution in [0.5, 0.6) is 17.2 Å². The van der Waals surface area contributed by atoms with Crippen LogP contribution in [-0.4, -0.2) is 54.0 Å². The zero-order chi connectivity index (χ0) is 16.4. The van der Waals surface area contributed by atoms with Gasteiger partial charge in [0.2, 0.25) is 12.6 Å². The molecule has 4 rings (SSSR count). The molecule has 3 heterocycles. The lowest BCUT2D eigenvalue weighted by Gasteiger charge is -2.25. The highest BCUT2D eigenvalue weighted by atomic mass is 16.7. The Hall–Kier alpha value is -2.81. The van der Waals surface area contributed by atoms with Crippen LogP contribution in [0.25, 0.3) is 0 Å². The number of hydrogen-bond acceptors (Lipinski definition) is 8. The Morgan fingerprint density at radius 1 is 1.21 bits per heavy atom. The van der Waals surface area contributed by atoms with Gasteiger partial charge in [0, 0.05) is 19.2 Å². The summed E-state index contributed by atoms with van der Waals surface area (Å²) in [6.45, 7) is 2.35. The van der Waals surface area contributed by atoms with E-state index in [1.807, 2.05) is 0 Å². The minimum atomic E-state index is -0.292. The molecule has 2 aliphatic rings. The van der Waals surface area contributed by atoms with Crippen LogP contribution < -0.4 is 14.2 Å². The molecule has 2 aromatic rings. The van der Waals surface area contributed by atoms with E-state index in [1.165, 1.54) is 0 Å². The van der Waals surface area contributed by atoms with Crippen LogP contribution in [0.4, 0.5) is 0 Å². The monoisotopic (exact) mass is 333 g/mol. The molecule has 0 saturated carbocycles. The van der Waals surface area contributed by atoms with Crippen LogP contribution in [0.3, 0.4) is 0 Å². The van der Waals surface area contributed by atoms with Crippen LogP contribution in [0.15, 0.2) is 22.7 Å². The van der Waals surface area contributed by atoms with Crippen LogP contribution in [0.1, 0.15) is 16.5 Å². The van der Waals surface area contributed by atoms with E-state index in [0.29, 0.717) is 49.4 Å². The second-order valence-corrected chi connectivity index (χ2v) is 5.22. The number of carbonyl (C=O) groups excluding carboxylic acids is 1. The summed E-state index contributed by atoms with van der Waals surface area (Å²) in [6.07, 6.45) is 0. The SMILES string of the molecule is O=C(c1nc(COc2ccc3c(c2)OCO3)no1)N1CCOCC1. The van der Waals surface area contributed by atoms with Crippen molar-refractivity contribution in [2.24, 2.45) is 0 Å². The molecule has 0 spiro atoms. The lowest BCUT2D eigenvalue weighted by atomic mass is 10.3. The van der Waals surface area contributed by atoms with Gasteiger partial charge >= 0.3 is 11.8 Å². The first-order valence-corrected chi connectivity index (χ1v) is 7.52. The summed E-state index contributed by atoms with van der Waals surface area (Å²) in [4.78, 5) is 17.9. The molecule has 126 valence electrons. The van der Waals surface area contributed by atoms with Gasteiger partial charge in [0.05, 0.1) is 13.2 Å². The summed E-state index contributed by atoms with van der Waals surface area (Å²) in [6, 6.07) is 5.25. The quantitative estimate of drug-likeness (QED) is 0.812. The van der Waals surface area contributed by atoms with Gasteiger partial charge in [0.15, 0.2) is 18.1 Å². The number of rotatable bonds is 4. The summed E-state index contributed by atoms with van der Waals surface area (Å²) in [7, 11) is 0. The van der Waals surface area contributed by atoms with Crippen molar-refractivity contribution >= 4 is 5.91 Å². The van der Waals surface area contributed by atoms with E-state index in [9.17, 15) is 4.79 Å². The molecule has 0 bridgehead atoms. The van der Waals surface area contributed by atoms with Crippen LogP contribution in [0, 0.1) is 0 Å². The van der Waals surface area contributed by atoms with Crippen LogP contribution >= 0.6 is 0 Å². The van der Waals surface area contributed by atoms with Gasteiger partial charge in [-0.05, 0) is 12.1 Å². The first kappa shape index (κ1) is 14.8. The van der Waals surface area contributed by atoms with Crippen molar-refractivity contribution in [2.45, 2.75) is 6.61 Å². The number of hydrogen-bond donors (Lipinski definition) is 0. The first-order valence-electron chi connectivity index (χ1n) is 7.52. The van der Waals surface area contributed by atoms with E-state index < -0.39 is 0 Å². The zero-order valence-electron chi connectivity index (χ0n) is 12.8. The summed E-state index contributed by atoms with van der Waals surface area (Å²) in [5.74, 6) is 1.86. The van der Waals surface area contributed by atoms with E-state index in [2.05, 4.69) is 10.1 Å². The average molecular weight is 333 g/mol. The Morgan fingerprint density at radius 2 is 2.04 bits per heavy atom. The molecule has 1 fully saturated rings. The Labute approximate surface area is 137 Å². The van der Waals surface area contributed by atoms with Crippen molar-refractivity contribution in [2.75, 3.05) is 33.1 Å².